The Kier molecular flexibility index (Phi) is 8.87. The number of carbonyl (C=O) groups is 3. The number of unbranched alkanes of at least 4 members (excludes halogenated alkanes) is 1. The number of nitrogens with two attached hydrogens (primary N) is 1. The Bertz CT molecular complexity index is 950. The van der Waals surface area contributed by atoms with Gasteiger partial charge in [0.1, 0.15) is 0 Å². The van der Waals surface area contributed by atoms with Gasteiger partial charge in [-0.3, -0.25) is 9.59 Å². The van der Waals surface area contributed by atoms with Crippen LogP contribution in [0.4, 0.5) is 4.79 Å². The van der Waals surface area contributed by atoms with Gasteiger partial charge in [-0.2, -0.15) is 0 Å². The zero-order valence-electron chi connectivity index (χ0n) is 19.3. The van der Waals surface area contributed by atoms with Crippen LogP contribution in [0.1, 0.15) is 63.9 Å². The van der Waals surface area contributed by atoms with Crippen molar-refractivity contribution < 1.29 is 14.4 Å². The number of aryl methyl sites for hydroxylation is 1. The number of hydrogen-bond donors (Lipinski definition) is 3. The second kappa shape index (κ2) is 12.0. The lowest BCUT2D eigenvalue weighted by Gasteiger charge is -2.32. The lowest BCUT2D eigenvalue weighted by atomic mass is 9.91. The summed E-state index contributed by atoms with van der Waals surface area (Å²) in [5, 5.41) is 5.71. The molecule has 0 radical (unpaired) electrons. The van der Waals surface area contributed by atoms with Crippen molar-refractivity contribution in [1.82, 2.24) is 15.5 Å². The first-order valence-corrected chi connectivity index (χ1v) is 11.7. The number of primary amides is 1. The highest BCUT2D eigenvalue weighted by Crippen LogP contribution is 2.24. The Morgan fingerprint density at radius 3 is 2.33 bits per heavy atom. The molecule has 0 aromatic heterocycles. The van der Waals surface area contributed by atoms with Crippen LogP contribution in [0, 0.1) is 12.8 Å². The summed E-state index contributed by atoms with van der Waals surface area (Å²) >= 11 is 0. The molecule has 0 aliphatic carbocycles. The topological polar surface area (TPSA) is 105 Å². The van der Waals surface area contributed by atoms with Crippen LogP contribution in [-0.2, 0) is 6.54 Å². The van der Waals surface area contributed by atoms with E-state index in [0.29, 0.717) is 24.6 Å². The van der Waals surface area contributed by atoms with Crippen molar-refractivity contribution in [3.63, 3.8) is 0 Å². The smallest absolute Gasteiger partial charge is 0.315 e. The minimum absolute atomic E-state index is 0.144. The van der Waals surface area contributed by atoms with Crippen LogP contribution < -0.4 is 16.4 Å². The van der Waals surface area contributed by atoms with Crippen LogP contribution in [0.25, 0.3) is 0 Å². The molecule has 0 spiro atoms. The van der Waals surface area contributed by atoms with Gasteiger partial charge in [-0.15, -0.1) is 0 Å². The van der Waals surface area contributed by atoms with Gasteiger partial charge in [-0.25, -0.2) is 4.79 Å². The molecule has 1 aliphatic rings. The Labute approximate surface area is 195 Å². The van der Waals surface area contributed by atoms with Crippen LogP contribution in [0.15, 0.2) is 48.5 Å². The number of hydrogen-bond acceptors (Lipinski definition) is 3. The molecule has 3 rings (SSSR count). The molecule has 7 nitrogen and oxygen atoms in total. The van der Waals surface area contributed by atoms with Crippen molar-refractivity contribution in [3.8, 4) is 0 Å². The maximum absolute atomic E-state index is 12.7. The van der Waals surface area contributed by atoms with E-state index in [-0.39, 0.29) is 11.9 Å². The number of nitrogens with zero attached hydrogens (tertiary/aromatic N) is 1. The second-order valence-electron chi connectivity index (χ2n) is 8.72. The van der Waals surface area contributed by atoms with Crippen LogP contribution in [-0.4, -0.2) is 42.4 Å². The van der Waals surface area contributed by atoms with Crippen LogP contribution in [0.5, 0.6) is 0 Å². The van der Waals surface area contributed by atoms with E-state index in [4.69, 9.17) is 5.73 Å². The lowest BCUT2D eigenvalue weighted by molar-refractivity contribution is 0.0685. The van der Waals surface area contributed by atoms with Gasteiger partial charge in [0.15, 0.2) is 0 Å². The van der Waals surface area contributed by atoms with Crippen molar-refractivity contribution >= 4 is 17.8 Å². The molecule has 7 heteroatoms. The molecular weight excluding hydrogens is 416 g/mol. The van der Waals surface area contributed by atoms with Gasteiger partial charge >= 0.3 is 6.03 Å². The quantitative estimate of drug-likeness (QED) is 0.508. The van der Waals surface area contributed by atoms with E-state index >= 15 is 0 Å². The molecule has 1 saturated heterocycles. The third-order valence-corrected chi connectivity index (χ3v) is 6.29. The third kappa shape index (κ3) is 7.34. The fourth-order valence-corrected chi connectivity index (χ4v) is 4.20. The zero-order chi connectivity index (χ0) is 23.6. The molecule has 1 aliphatic heterocycles. The first-order valence-electron chi connectivity index (χ1n) is 11.7. The fraction of sp³-hybridized carbons (Fsp3) is 0.423. The van der Waals surface area contributed by atoms with Crippen molar-refractivity contribution in [1.29, 1.82) is 0 Å². The van der Waals surface area contributed by atoms with E-state index in [9.17, 15) is 14.4 Å². The normalized spacial score (nSPS) is 14.0. The standard InChI is InChI=1S/C26H34N4O3/c1-19-6-2-3-8-23(19)25(32)30-16-13-20(14-17-30)7-4-5-15-28-26(33)29-18-21-9-11-22(12-10-21)24(27)31/h2-3,6,8-12,20H,4-5,7,13-18H2,1H3,(H2,27,31)(H2,28,29,33). The van der Waals surface area contributed by atoms with Crippen LogP contribution in [0.2, 0.25) is 0 Å². The van der Waals surface area contributed by atoms with Crippen LogP contribution >= 0.6 is 0 Å². The third-order valence-electron chi connectivity index (χ3n) is 6.29. The number of amides is 4. The van der Waals surface area contributed by atoms with E-state index in [1.807, 2.05) is 36.1 Å². The van der Waals surface area contributed by atoms with Crippen molar-refractivity contribution in [3.05, 3.63) is 70.8 Å². The summed E-state index contributed by atoms with van der Waals surface area (Å²) in [4.78, 5) is 37.8. The highest BCUT2D eigenvalue weighted by atomic mass is 16.2. The van der Waals surface area contributed by atoms with Gasteiger partial charge < -0.3 is 21.3 Å². The molecule has 0 saturated carbocycles. The largest absolute Gasteiger partial charge is 0.366 e. The Morgan fingerprint density at radius 2 is 1.67 bits per heavy atom. The molecule has 1 heterocycles. The fourth-order valence-electron chi connectivity index (χ4n) is 4.20. The molecule has 2 aromatic rings. The SMILES string of the molecule is Cc1ccccc1C(=O)N1CCC(CCCCNC(=O)NCc2ccc(C(N)=O)cc2)CC1. The molecule has 4 N–H and O–H groups in total. The number of urea groups is 1. The van der Waals surface area contributed by atoms with Gasteiger partial charge in [0.2, 0.25) is 5.91 Å². The van der Waals surface area contributed by atoms with E-state index in [2.05, 4.69) is 10.6 Å². The summed E-state index contributed by atoms with van der Waals surface area (Å²) in [5.74, 6) is 0.322. The monoisotopic (exact) mass is 450 g/mol. The Hall–Kier alpha value is -3.35. The average molecular weight is 451 g/mol. The van der Waals surface area contributed by atoms with Crippen molar-refractivity contribution in [2.45, 2.75) is 45.6 Å². The second-order valence-corrected chi connectivity index (χ2v) is 8.72. The molecule has 0 atom stereocenters. The van der Waals surface area contributed by atoms with Gasteiger partial charge in [0, 0.05) is 37.3 Å². The minimum Gasteiger partial charge on any atom is -0.366 e. The zero-order valence-corrected chi connectivity index (χ0v) is 19.3. The van der Waals surface area contributed by atoms with E-state index in [1.165, 1.54) is 0 Å². The Morgan fingerprint density at radius 1 is 0.970 bits per heavy atom. The van der Waals surface area contributed by atoms with Gasteiger partial charge in [-0.05, 0) is 61.4 Å². The molecule has 4 amide bonds. The highest BCUT2D eigenvalue weighted by Gasteiger charge is 2.24. The number of likely N-dealkylation sites (tertiary alicyclic amines) is 1. The number of piperidine rings is 1. The van der Waals surface area contributed by atoms with E-state index in [1.54, 1.807) is 24.3 Å². The van der Waals surface area contributed by atoms with Gasteiger partial charge in [0.25, 0.3) is 5.91 Å². The van der Waals surface area contributed by atoms with E-state index in [0.717, 1.165) is 61.9 Å². The predicted octanol–water partition coefficient (Wildman–Crippen LogP) is 3.62. The van der Waals surface area contributed by atoms with Gasteiger partial charge in [-0.1, -0.05) is 43.2 Å². The molecule has 1 fully saturated rings. The van der Waals surface area contributed by atoms with E-state index < -0.39 is 5.91 Å². The average Bonchev–Trinajstić information content (AvgIpc) is 2.83. The number of benzene rings is 2. The first-order chi connectivity index (χ1) is 15.9. The van der Waals surface area contributed by atoms with Gasteiger partial charge in [0.05, 0.1) is 0 Å². The summed E-state index contributed by atoms with van der Waals surface area (Å²) in [5.41, 5.74) is 8.42. The molecule has 0 bridgehead atoms. The molecule has 0 unspecified atom stereocenters. The minimum atomic E-state index is -0.464. The highest BCUT2D eigenvalue weighted by molar-refractivity contribution is 5.95. The molecule has 2 aromatic carbocycles. The van der Waals surface area contributed by atoms with Crippen molar-refractivity contribution in [2.24, 2.45) is 11.7 Å². The number of carbonyl (C=O) groups excluding carboxylic acids is 3. The lowest BCUT2D eigenvalue weighted by Crippen LogP contribution is -2.38. The first kappa shape index (κ1) is 24.3. The maximum atomic E-state index is 12.7. The predicted molar refractivity (Wildman–Crippen MR) is 129 cm³/mol. The molecule has 33 heavy (non-hydrogen) atoms. The summed E-state index contributed by atoms with van der Waals surface area (Å²) in [6, 6.07) is 14.4. The number of nitrogens with one attached hydrogen (secondary N) is 2. The molecular formula is C26H34N4O3. The summed E-state index contributed by atoms with van der Waals surface area (Å²) < 4.78 is 0. The number of rotatable bonds is 9. The van der Waals surface area contributed by atoms with Crippen molar-refractivity contribution in [2.75, 3.05) is 19.6 Å². The molecule has 176 valence electrons. The summed E-state index contributed by atoms with van der Waals surface area (Å²) in [6.07, 6.45) is 5.20. The maximum Gasteiger partial charge on any atom is 0.315 e. The Balaban J connectivity index is 1.26. The summed E-state index contributed by atoms with van der Waals surface area (Å²) in [7, 11) is 0. The van der Waals surface area contributed by atoms with Crippen LogP contribution in [0.3, 0.4) is 0 Å². The summed E-state index contributed by atoms with van der Waals surface area (Å²) in [6.45, 7) is 4.65.